The van der Waals surface area contributed by atoms with Crippen LogP contribution in [0.25, 0.3) is 0 Å². The van der Waals surface area contributed by atoms with Crippen LogP contribution in [0.1, 0.15) is 24.0 Å². The first-order valence-electron chi connectivity index (χ1n) is 5.92. The first-order chi connectivity index (χ1) is 7.33. The third-order valence-corrected chi connectivity index (χ3v) is 3.89. The number of piperidine rings is 1. The summed E-state index contributed by atoms with van der Waals surface area (Å²) in [5.41, 5.74) is 9.95. The summed E-state index contributed by atoms with van der Waals surface area (Å²) >= 11 is 0. The Hall–Kier alpha value is -1.02. The molecule has 0 amide bonds. The molecule has 2 nitrogen and oxygen atoms in total. The van der Waals surface area contributed by atoms with Crippen molar-refractivity contribution >= 4 is 5.69 Å². The zero-order valence-corrected chi connectivity index (χ0v) is 9.00. The summed E-state index contributed by atoms with van der Waals surface area (Å²) in [5.74, 6) is 0.821. The Balaban J connectivity index is 2.03. The highest BCUT2D eigenvalue weighted by atomic mass is 14.9. The number of nitrogens with two attached hydrogens (primary N) is 1. The van der Waals surface area contributed by atoms with Crippen LogP contribution < -0.4 is 11.1 Å². The van der Waals surface area contributed by atoms with Crippen LogP contribution in [0.4, 0.5) is 5.69 Å². The Morgan fingerprint density at radius 1 is 1.20 bits per heavy atom. The summed E-state index contributed by atoms with van der Waals surface area (Å²) < 4.78 is 0. The van der Waals surface area contributed by atoms with Gasteiger partial charge in [0.15, 0.2) is 0 Å². The van der Waals surface area contributed by atoms with Gasteiger partial charge in [0.1, 0.15) is 0 Å². The quantitative estimate of drug-likeness (QED) is 0.629. The van der Waals surface area contributed by atoms with Gasteiger partial charge in [0, 0.05) is 11.7 Å². The maximum atomic E-state index is 6.07. The Morgan fingerprint density at radius 3 is 2.93 bits per heavy atom. The Labute approximate surface area is 90.9 Å². The molecule has 4 rings (SSSR count). The summed E-state index contributed by atoms with van der Waals surface area (Å²) in [5, 5.41) is 3.63. The summed E-state index contributed by atoms with van der Waals surface area (Å²) in [6, 6.07) is 7.04. The standard InChI is InChI=1S/C13H18N2/c14-13-3-1-2-10-6-9-4-5-11(15-8-9)7-12(10)13/h1-3,9,11,15H,4-8,14H2. The fourth-order valence-corrected chi connectivity index (χ4v) is 2.97. The van der Waals surface area contributed by atoms with Crippen molar-refractivity contribution < 1.29 is 0 Å². The first-order valence-corrected chi connectivity index (χ1v) is 5.92. The van der Waals surface area contributed by atoms with Gasteiger partial charge in [-0.15, -0.1) is 0 Å². The number of nitrogen functional groups attached to an aromatic ring is 1. The van der Waals surface area contributed by atoms with E-state index >= 15 is 0 Å². The molecular weight excluding hydrogens is 184 g/mol. The van der Waals surface area contributed by atoms with E-state index in [1.807, 2.05) is 6.07 Å². The van der Waals surface area contributed by atoms with Gasteiger partial charge in [0.25, 0.3) is 0 Å². The highest BCUT2D eigenvalue weighted by Gasteiger charge is 2.26. The second-order valence-electron chi connectivity index (χ2n) is 4.94. The molecule has 1 aromatic rings. The first kappa shape index (κ1) is 9.22. The van der Waals surface area contributed by atoms with Gasteiger partial charge in [-0.2, -0.15) is 0 Å². The predicted molar refractivity (Wildman–Crippen MR) is 62.8 cm³/mol. The fourth-order valence-electron chi connectivity index (χ4n) is 2.97. The number of hydrogen-bond donors (Lipinski definition) is 2. The SMILES string of the molecule is Nc1cccc2c1CC1CCC(CN1)C2. The average Bonchev–Trinajstić information content (AvgIpc) is 2.20. The molecule has 2 heterocycles. The van der Waals surface area contributed by atoms with Gasteiger partial charge >= 0.3 is 0 Å². The minimum Gasteiger partial charge on any atom is -0.398 e. The normalized spacial score (nSPS) is 29.3. The lowest BCUT2D eigenvalue weighted by Crippen LogP contribution is -2.42. The Morgan fingerprint density at radius 2 is 2.13 bits per heavy atom. The van der Waals surface area contributed by atoms with E-state index in [1.165, 1.54) is 36.9 Å². The highest BCUT2D eigenvalue weighted by molar-refractivity contribution is 5.51. The second-order valence-corrected chi connectivity index (χ2v) is 4.94. The molecule has 15 heavy (non-hydrogen) atoms. The largest absolute Gasteiger partial charge is 0.398 e. The Bertz CT molecular complexity index is 365. The van der Waals surface area contributed by atoms with Crippen molar-refractivity contribution in [3.63, 3.8) is 0 Å². The number of anilines is 1. The van der Waals surface area contributed by atoms with Gasteiger partial charge in [-0.3, -0.25) is 0 Å². The molecule has 3 N–H and O–H groups in total. The number of benzene rings is 1. The lowest BCUT2D eigenvalue weighted by atomic mass is 9.81. The molecule has 2 atom stereocenters. The summed E-state index contributed by atoms with van der Waals surface area (Å²) in [6.45, 7) is 1.19. The van der Waals surface area contributed by atoms with Crippen LogP contribution >= 0.6 is 0 Å². The van der Waals surface area contributed by atoms with Gasteiger partial charge in [-0.05, 0) is 55.3 Å². The maximum Gasteiger partial charge on any atom is 0.0349 e. The van der Waals surface area contributed by atoms with Crippen molar-refractivity contribution in [3.8, 4) is 0 Å². The van der Waals surface area contributed by atoms with Crippen LogP contribution in [-0.4, -0.2) is 12.6 Å². The molecule has 2 bridgehead atoms. The molecule has 1 aromatic carbocycles. The third kappa shape index (κ3) is 1.63. The molecule has 1 aliphatic carbocycles. The molecule has 3 aliphatic rings. The molecule has 0 radical (unpaired) electrons. The van der Waals surface area contributed by atoms with E-state index in [2.05, 4.69) is 17.4 Å². The van der Waals surface area contributed by atoms with Crippen molar-refractivity contribution in [1.82, 2.24) is 5.32 Å². The van der Waals surface area contributed by atoms with Crippen LogP contribution in [0.15, 0.2) is 18.2 Å². The molecule has 2 heteroatoms. The highest BCUT2D eigenvalue weighted by Crippen LogP contribution is 2.30. The van der Waals surface area contributed by atoms with Crippen LogP contribution in [-0.2, 0) is 12.8 Å². The minimum absolute atomic E-state index is 0.657. The lowest BCUT2D eigenvalue weighted by molar-refractivity contribution is 0.297. The molecule has 1 fully saturated rings. The van der Waals surface area contributed by atoms with Crippen molar-refractivity contribution in [1.29, 1.82) is 0 Å². The van der Waals surface area contributed by atoms with E-state index in [4.69, 9.17) is 5.73 Å². The topological polar surface area (TPSA) is 38.0 Å². The van der Waals surface area contributed by atoms with E-state index in [-0.39, 0.29) is 0 Å². The fraction of sp³-hybridized carbons (Fsp3) is 0.538. The molecule has 0 spiro atoms. The van der Waals surface area contributed by atoms with Gasteiger partial charge in [0.2, 0.25) is 0 Å². The summed E-state index contributed by atoms with van der Waals surface area (Å²) in [4.78, 5) is 0. The molecular formula is C13H18N2. The zero-order chi connectivity index (χ0) is 10.3. The van der Waals surface area contributed by atoms with Crippen LogP contribution in [0.2, 0.25) is 0 Å². The molecule has 1 saturated heterocycles. The minimum atomic E-state index is 0.657. The summed E-state index contributed by atoms with van der Waals surface area (Å²) in [6.07, 6.45) is 5.03. The van der Waals surface area contributed by atoms with E-state index < -0.39 is 0 Å². The van der Waals surface area contributed by atoms with Crippen molar-refractivity contribution in [2.45, 2.75) is 31.7 Å². The zero-order valence-electron chi connectivity index (χ0n) is 9.00. The monoisotopic (exact) mass is 202 g/mol. The van der Waals surface area contributed by atoms with Crippen molar-refractivity contribution in [2.75, 3.05) is 12.3 Å². The predicted octanol–water partition coefficient (Wildman–Crippen LogP) is 1.74. The van der Waals surface area contributed by atoms with E-state index in [9.17, 15) is 0 Å². The smallest absolute Gasteiger partial charge is 0.0349 e. The van der Waals surface area contributed by atoms with E-state index in [1.54, 1.807) is 0 Å². The molecule has 0 saturated carbocycles. The van der Waals surface area contributed by atoms with E-state index in [0.29, 0.717) is 6.04 Å². The number of fused-ring (bicyclic) bond motifs is 2. The third-order valence-electron chi connectivity index (χ3n) is 3.89. The molecule has 2 aliphatic heterocycles. The van der Waals surface area contributed by atoms with Crippen LogP contribution in [0, 0.1) is 5.92 Å². The van der Waals surface area contributed by atoms with Crippen LogP contribution in [0.5, 0.6) is 0 Å². The van der Waals surface area contributed by atoms with Crippen molar-refractivity contribution in [3.05, 3.63) is 29.3 Å². The Kier molecular flexibility index (Phi) is 2.17. The maximum absolute atomic E-state index is 6.07. The summed E-state index contributed by atoms with van der Waals surface area (Å²) in [7, 11) is 0. The van der Waals surface area contributed by atoms with Crippen molar-refractivity contribution in [2.24, 2.45) is 5.92 Å². The van der Waals surface area contributed by atoms with Gasteiger partial charge in [0.05, 0.1) is 0 Å². The number of hydrogen-bond acceptors (Lipinski definition) is 2. The van der Waals surface area contributed by atoms with Crippen LogP contribution in [0.3, 0.4) is 0 Å². The molecule has 80 valence electrons. The van der Waals surface area contributed by atoms with Gasteiger partial charge in [-0.1, -0.05) is 12.1 Å². The van der Waals surface area contributed by atoms with Gasteiger partial charge < -0.3 is 11.1 Å². The number of rotatable bonds is 0. The average molecular weight is 202 g/mol. The number of nitrogens with one attached hydrogen (secondary N) is 1. The second kappa shape index (κ2) is 3.53. The lowest BCUT2D eigenvalue weighted by Gasteiger charge is -2.34. The molecule has 2 unspecified atom stereocenters. The molecule has 0 aromatic heterocycles. The van der Waals surface area contributed by atoms with Gasteiger partial charge in [-0.25, -0.2) is 0 Å². The van der Waals surface area contributed by atoms with E-state index in [0.717, 1.165) is 18.0 Å².